The Labute approximate surface area is 78.8 Å². The first kappa shape index (κ1) is 10.5. The third kappa shape index (κ3) is 2.02. The molecule has 1 fully saturated rings. The number of hydrogen-bond acceptors (Lipinski definition) is 2. The van der Waals surface area contributed by atoms with Crippen LogP contribution in [0, 0.1) is 11.3 Å². The van der Waals surface area contributed by atoms with Crippen LogP contribution < -0.4 is 0 Å². The van der Waals surface area contributed by atoms with Crippen molar-refractivity contribution >= 4 is 5.97 Å². The van der Waals surface area contributed by atoms with Crippen molar-refractivity contribution in [3.8, 4) is 0 Å². The van der Waals surface area contributed by atoms with Crippen LogP contribution in [-0.2, 0) is 4.79 Å². The van der Waals surface area contributed by atoms with Gasteiger partial charge in [0.25, 0.3) is 0 Å². The minimum Gasteiger partial charge on any atom is -0.481 e. The van der Waals surface area contributed by atoms with E-state index in [-0.39, 0.29) is 12.5 Å². The van der Waals surface area contributed by atoms with Gasteiger partial charge in [-0.2, -0.15) is 0 Å². The smallest absolute Gasteiger partial charge is 0.311 e. The largest absolute Gasteiger partial charge is 0.481 e. The van der Waals surface area contributed by atoms with Crippen molar-refractivity contribution in [3.05, 3.63) is 0 Å². The van der Waals surface area contributed by atoms with Gasteiger partial charge in [-0.15, -0.1) is 0 Å². The van der Waals surface area contributed by atoms with Crippen LogP contribution >= 0.6 is 0 Å². The number of aliphatic carboxylic acids is 1. The highest BCUT2D eigenvalue weighted by molar-refractivity contribution is 5.74. The van der Waals surface area contributed by atoms with Gasteiger partial charge in [0.15, 0.2) is 0 Å². The lowest BCUT2D eigenvalue weighted by atomic mass is 9.70. The third-order valence-corrected chi connectivity index (χ3v) is 3.32. The monoisotopic (exact) mass is 186 g/mol. The minimum atomic E-state index is -0.916. The van der Waals surface area contributed by atoms with Gasteiger partial charge in [0.05, 0.1) is 12.0 Å². The Hall–Kier alpha value is -0.570. The number of aliphatic hydroxyl groups is 1. The molecule has 1 aliphatic rings. The molecule has 1 unspecified atom stereocenters. The zero-order valence-corrected chi connectivity index (χ0v) is 8.12. The van der Waals surface area contributed by atoms with Crippen molar-refractivity contribution < 1.29 is 15.0 Å². The van der Waals surface area contributed by atoms with Crippen molar-refractivity contribution in [1.82, 2.24) is 0 Å². The summed E-state index contributed by atoms with van der Waals surface area (Å²) in [5, 5.41) is 18.2. The summed E-state index contributed by atoms with van der Waals surface area (Å²) in [4.78, 5) is 11.0. The Morgan fingerprint density at radius 1 is 1.38 bits per heavy atom. The van der Waals surface area contributed by atoms with Crippen molar-refractivity contribution in [2.24, 2.45) is 11.3 Å². The number of carbonyl (C=O) groups is 1. The van der Waals surface area contributed by atoms with Crippen LogP contribution in [0.5, 0.6) is 0 Å². The van der Waals surface area contributed by atoms with E-state index in [1.807, 2.05) is 0 Å². The molecule has 0 spiro atoms. The van der Waals surface area contributed by atoms with Gasteiger partial charge in [0, 0.05) is 0 Å². The van der Waals surface area contributed by atoms with Crippen LogP contribution in [0.15, 0.2) is 0 Å². The van der Waals surface area contributed by atoms with E-state index in [4.69, 9.17) is 10.2 Å². The molecule has 0 bridgehead atoms. The van der Waals surface area contributed by atoms with Crippen LogP contribution in [0.25, 0.3) is 0 Å². The van der Waals surface area contributed by atoms with Gasteiger partial charge in [0.1, 0.15) is 0 Å². The fraction of sp³-hybridized carbons (Fsp3) is 0.900. The van der Waals surface area contributed by atoms with Crippen LogP contribution in [0.2, 0.25) is 0 Å². The molecular weight excluding hydrogens is 168 g/mol. The standard InChI is InChI=1S/C10H18O3/c1-10(7-11,9(12)13)8-5-3-2-4-6-8/h8,11H,2-7H2,1H3,(H,12,13). The van der Waals surface area contributed by atoms with E-state index < -0.39 is 11.4 Å². The lowest BCUT2D eigenvalue weighted by molar-refractivity contribution is -0.155. The first-order valence-corrected chi connectivity index (χ1v) is 4.95. The summed E-state index contributed by atoms with van der Waals surface area (Å²) in [5.74, 6) is -0.703. The number of carboxylic acids is 1. The molecule has 0 aromatic carbocycles. The quantitative estimate of drug-likeness (QED) is 0.704. The van der Waals surface area contributed by atoms with Gasteiger partial charge in [-0.1, -0.05) is 19.3 Å². The average molecular weight is 186 g/mol. The molecule has 1 aliphatic carbocycles. The maximum Gasteiger partial charge on any atom is 0.311 e. The second kappa shape index (κ2) is 4.09. The molecule has 13 heavy (non-hydrogen) atoms. The van der Waals surface area contributed by atoms with Gasteiger partial charge in [-0.3, -0.25) is 4.79 Å². The van der Waals surface area contributed by atoms with E-state index in [0.29, 0.717) is 0 Å². The number of hydrogen-bond donors (Lipinski definition) is 2. The number of carboxylic acid groups (broad SMARTS) is 1. The second-order valence-electron chi connectivity index (χ2n) is 4.22. The average Bonchev–Trinajstić information content (AvgIpc) is 2.17. The summed E-state index contributed by atoms with van der Waals surface area (Å²) in [7, 11) is 0. The number of aliphatic hydroxyl groups excluding tert-OH is 1. The van der Waals surface area contributed by atoms with Gasteiger partial charge < -0.3 is 10.2 Å². The molecule has 0 heterocycles. The Balaban J connectivity index is 2.68. The maximum atomic E-state index is 11.0. The SMILES string of the molecule is CC(CO)(C(=O)O)C1CCCCC1. The van der Waals surface area contributed by atoms with E-state index in [2.05, 4.69) is 0 Å². The molecule has 76 valence electrons. The molecule has 1 saturated carbocycles. The fourth-order valence-electron chi connectivity index (χ4n) is 2.11. The predicted molar refractivity (Wildman–Crippen MR) is 49.4 cm³/mol. The Morgan fingerprint density at radius 2 is 1.92 bits per heavy atom. The highest BCUT2D eigenvalue weighted by Gasteiger charge is 2.41. The lowest BCUT2D eigenvalue weighted by Crippen LogP contribution is -2.40. The summed E-state index contributed by atoms with van der Waals surface area (Å²) in [5.41, 5.74) is -0.916. The fourth-order valence-corrected chi connectivity index (χ4v) is 2.11. The normalized spacial score (nSPS) is 23.8. The molecule has 3 nitrogen and oxygen atoms in total. The van der Waals surface area contributed by atoms with Crippen LogP contribution in [-0.4, -0.2) is 22.8 Å². The van der Waals surface area contributed by atoms with Crippen LogP contribution in [0.1, 0.15) is 39.0 Å². The molecule has 0 aliphatic heterocycles. The second-order valence-corrected chi connectivity index (χ2v) is 4.22. The molecule has 2 N–H and O–H groups in total. The molecule has 0 radical (unpaired) electrons. The highest BCUT2D eigenvalue weighted by Crippen LogP contribution is 2.38. The van der Waals surface area contributed by atoms with E-state index in [9.17, 15) is 4.79 Å². The van der Waals surface area contributed by atoms with Gasteiger partial charge in [0.2, 0.25) is 0 Å². The molecule has 1 atom stereocenters. The third-order valence-electron chi connectivity index (χ3n) is 3.32. The molecule has 3 heteroatoms. The van der Waals surface area contributed by atoms with Crippen molar-refractivity contribution in [2.45, 2.75) is 39.0 Å². The Morgan fingerprint density at radius 3 is 2.31 bits per heavy atom. The Kier molecular flexibility index (Phi) is 3.31. The lowest BCUT2D eigenvalue weighted by Gasteiger charge is -2.34. The zero-order chi connectivity index (χ0) is 9.90. The Bertz CT molecular complexity index is 185. The molecule has 0 aromatic rings. The first-order valence-electron chi connectivity index (χ1n) is 4.95. The van der Waals surface area contributed by atoms with E-state index in [0.717, 1.165) is 25.7 Å². The van der Waals surface area contributed by atoms with Gasteiger partial charge in [-0.05, 0) is 25.7 Å². The number of rotatable bonds is 3. The highest BCUT2D eigenvalue weighted by atomic mass is 16.4. The summed E-state index contributed by atoms with van der Waals surface area (Å²) in [6.07, 6.45) is 5.31. The first-order chi connectivity index (χ1) is 6.11. The van der Waals surface area contributed by atoms with Gasteiger partial charge >= 0.3 is 5.97 Å². The van der Waals surface area contributed by atoms with E-state index >= 15 is 0 Å². The van der Waals surface area contributed by atoms with Crippen LogP contribution in [0.4, 0.5) is 0 Å². The summed E-state index contributed by atoms with van der Waals surface area (Å²) >= 11 is 0. The van der Waals surface area contributed by atoms with E-state index in [1.165, 1.54) is 6.42 Å². The van der Waals surface area contributed by atoms with E-state index in [1.54, 1.807) is 6.92 Å². The summed E-state index contributed by atoms with van der Waals surface area (Å²) in [6, 6.07) is 0. The zero-order valence-electron chi connectivity index (χ0n) is 8.12. The predicted octanol–water partition coefficient (Wildman–Crippen LogP) is 1.65. The van der Waals surface area contributed by atoms with Crippen LogP contribution in [0.3, 0.4) is 0 Å². The minimum absolute atomic E-state index is 0.156. The summed E-state index contributed by atoms with van der Waals surface area (Å²) in [6.45, 7) is 1.42. The molecule has 0 amide bonds. The van der Waals surface area contributed by atoms with Crippen molar-refractivity contribution in [3.63, 3.8) is 0 Å². The molecule has 0 aromatic heterocycles. The van der Waals surface area contributed by atoms with Gasteiger partial charge in [-0.25, -0.2) is 0 Å². The van der Waals surface area contributed by atoms with Crippen molar-refractivity contribution in [1.29, 1.82) is 0 Å². The van der Waals surface area contributed by atoms with Crippen molar-refractivity contribution in [2.75, 3.05) is 6.61 Å². The summed E-state index contributed by atoms with van der Waals surface area (Å²) < 4.78 is 0. The maximum absolute atomic E-state index is 11.0. The molecular formula is C10H18O3. The molecule has 0 saturated heterocycles. The topological polar surface area (TPSA) is 57.5 Å². The molecule has 1 rings (SSSR count).